The van der Waals surface area contributed by atoms with Gasteiger partial charge in [0.1, 0.15) is 17.4 Å². The van der Waals surface area contributed by atoms with E-state index in [1.165, 1.54) is 37.4 Å². The third kappa shape index (κ3) is 1.89. The van der Waals surface area contributed by atoms with Crippen molar-refractivity contribution in [1.82, 2.24) is 0 Å². The summed E-state index contributed by atoms with van der Waals surface area (Å²) in [5, 5.41) is 0. The molecule has 0 fully saturated rings. The molecule has 82 valence electrons. The molecule has 0 aromatic heterocycles. The molecule has 0 aliphatic heterocycles. The summed E-state index contributed by atoms with van der Waals surface area (Å²) in [7, 11) is 1.48. The fourth-order valence-corrected chi connectivity index (χ4v) is 1.52. The van der Waals surface area contributed by atoms with Gasteiger partial charge in [-0.05, 0) is 24.3 Å². The molecule has 0 saturated heterocycles. The van der Waals surface area contributed by atoms with Crippen molar-refractivity contribution in [2.75, 3.05) is 7.11 Å². The van der Waals surface area contributed by atoms with E-state index in [1.54, 1.807) is 12.1 Å². The number of hydrogen-bond acceptors (Lipinski definition) is 1. The minimum atomic E-state index is -0.467. The van der Waals surface area contributed by atoms with Crippen LogP contribution in [-0.2, 0) is 0 Å². The highest BCUT2D eigenvalue weighted by Crippen LogP contribution is 2.28. The van der Waals surface area contributed by atoms with Gasteiger partial charge in [-0.3, -0.25) is 0 Å². The molecular weight excluding hydrogens is 210 g/mol. The summed E-state index contributed by atoms with van der Waals surface area (Å²) in [6.45, 7) is 0. The van der Waals surface area contributed by atoms with E-state index >= 15 is 0 Å². The van der Waals surface area contributed by atoms with E-state index in [4.69, 9.17) is 4.74 Å². The molecule has 3 heteroatoms. The molecule has 0 aliphatic carbocycles. The number of hydrogen-bond donors (Lipinski definition) is 0. The van der Waals surface area contributed by atoms with Crippen LogP contribution in [0.1, 0.15) is 0 Å². The first-order chi connectivity index (χ1) is 7.72. The lowest BCUT2D eigenvalue weighted by molar-refractivity contribution is 0.414. The van der Waals surface area contributed by atoms with E-state index in [-0.39, 0.29) is 11.1 Å². The van der Waals surface area contributed by atoms with Crippen LogP contribution in [0.2, 0.25) is 0 Å². The van der Waals surface area contributed by atoms with E-state index in [1.807, 2.05) is 0 Å². The van der Waals surface area contributed by atoms with Gasteiger partial charge in [0, 0.05) is 11.1 Å². The van der Waals surface area contributed by atoms with Crippen LogP contribution < -0.4 is 4.74 Å². The second kappa shape index (κ2) is 4.31. The number of methoxy groups -OCH3 is 1. The predicted molar refractivity (Wildman–Crippen MR) is 58.3 cm³/mol. The maximum Gasteiger partial charge on any atom is 0.131 e. The van der Waals surface area contributed by atoms with Gasteiger partial charge in [0.25, 0.3) is 0 Å². The highest BCUT2D eigenvalue weighted by molar-refractivity contribution is 5.66. The molecule has 0 unspecified atom stereocenters. The molecule has 2 aromatic carbocycles. The van der Waals surface area contributed by atoms with E-state index in [0.717, 1.165) is 0 Å². The number of rotatable bonds is 2. The van der Waals surface area contributed by atoms with Gasteiger partial charge >= 0.3 is 0 Å². The lowest BCUT2D eigenvalue weighted by atomic mass is 10.0. The van der Waals surface area contributed by atoms with Crippen molar-refractivity contribution in [3.8, 4) is 16.9 Å². The van der Waals surface area contributed by atoms with Crippen LogP contribution in [0.3, 0.4) is 0 Å². The number of benzene rings is 2. The topological polar surface area (TPSA) is 9.23 Å². The summed E-state index contributed by atoms with van der Waals surface area (Å²) in [4.78, 5) is 0. The van der Waals surface area contributed by atoms with Crippen molar-refractivity contribution < 1.29 is 13.5 Å². The predicted octanol–water partition coefficient (Wildman–Crippen LogP) is 3.64. The third-order valence-electron chi connectivity index (χ3n) is 2.34. The van der Waals surface area contributed by atoms with Crippen LogP contribution in [0.25, 0.3) is 11.1 Å². The first kappa shape index (κ1) is 10.6. The zero-order valence-electron chi connectivity index (χ0n) is 8.71. The van der Waals surface area contributed by atoms with Gasteiger partial charge in [-0.25, -0.2) is 8.78 Å². The lowest BCUT2D eigenvalue weighted by Crippen LogP contribution is -1.90. The molecular formula is C13H10F2O. The maximum absolute atomic E-state index is 13.5. The Morgan fingerprint density at radius 1 is 0.875 bits per heavy atom. The largest absolute Gasteiger partial charge is 0.497 e. The first-order valence-electron chi connectivity index (χ1n) is 4.81. The minimum Gasteiger partial charge on any atom is -0.497 e. The Hall–Kier alpha value is -1.90. The fraction of sp³-hybridized carbons (Fsp3) is 0.0769. The van der Waals surface area contributed by atoms with E-state index in [9.17, 15) is 8.78 Å². The van der Waals surface area contributed by atoms with Crippen LogP contribution in [0.4, 0.5) is 8.78 Å². The fourth-order valence-electron chi connectivity index (χ4n) is 1.52. The van der Waals surface area contributed by atoms with Crippen LogP contribution >= 0.6 is 0 Å². The minimum absolute atomic E-state index is 0.206. The van der Waals surface area contributed by atoms with Crippen LogP contribution in [0.15, 0.2) is 42.5 Å². The van der Waals surface area contributed by atoms with Gasteiger partial charge in [-0.2, -0.15) is 0 Å². The van der Waals surface area contributed by atoms with Gasteiger partial charge < -0.3 is 4.74 Å². The molecule has 0 amide bonds. The van der Waals surface area contributed by atoms with Crippen molar-refractivity contribution in [2.45, 2.75) is 0 Å². The monoisotopic (exact) mass is 220 g/mol. The van der Waals surface area contributed by atoms with Gasteiger partial charge in [0.15, 0.2) is 0 Å². The Labute approximate surface area is 92.3 Å². The molecule has 0 aliphatic rings. The molecule has 0 saturated carbocycles. The van der Waals surface area contributed by atoms with Gasteiger partial charge in [-0.15, -0.1) is 0 Å². The second-order valence-corrected chi connectivity index (χ2v) is 3.33. The Balaban J connectivity index is 2.59. The molecule has 2 rings (SSSR count). The molecule has 0 bridgehead atoms. The van der Waals surface area contributed by atoms with Crippen LogP contribution in [0.5, 0.6) is 5.75 Å². The first-order valence-corrected chi connectivity index (χ1v) is 4.81. The SMILES string of the molecule is COc1ccc(F)c(-c2ccccc2F)c1. The smallest absolute Gasteiger partial charge is 0.131 e. The molecule has 0 heterocycles. The molecule has 0 atom stereocenters. The molecule has 16 heavy (non-hydrogen) atoms. The quantitative estimate of drug-likeness (QED) is 0.750. The maximum atomic E-state index is 13.5. The summed E-state index contributed by atoms with van der Waals surface area (Å²) in [6.07, 6.45) is 0. The Morgan fingerprint density at radius 2 is 1.56 bits per heavy atom. The average molecular weight is 220 g/mol. The molecule has 0 radical (unpaired) electrons. The van der Waals surface area contributed by atoms with E-state index in [2.05, 4.69) is 0 Å². The number of halogens is 2. The van der Waals surface area contributed by atoms with Gasteiger partial charge in [0.05, 0.1) is 7.11 Å². The highest BCUT2D eigenvalue weighted by atomic mass is 19.1. The molecule has 1 nitrogen and oxygen atoms in total. The summed E-state index contributed by atoms with van der Waals surface area (Å²) in [5.74, 6) is -0.416. The van der Waals surface area contributed by atoms with Crippen molar-refractivity contribution in [3.05, 3.63) is 54.1 Å². The summed E-state index contributed by atoms with van der Waals surface area (Å²) in [5.41, 5.74) is 0.441. The van der Waals surface area contributed by atoms with Crippen molar-refractivity contribution in [1.29, 1.82) is 0 Å². The molecule has 2 aromatic rings. The van der Waals surface area contributed by atoms with Crippen LogP contribution in [-0.4, -0.2) is 7.11 Å². The van der Waals surface area contributed by atoms with Crippen molar-refractivity contribution >= 4 is 0 Å². The Morgan fingerprint density at radius 3 is 2.25 bits per heavy atom. The zero-order valence-corrected chi connectivity index (χ0v) is 8.71. The second-order valence-electron chi connectivity index (χ2n) is 3.33. The highest BCUT2D eigenvalue weighted by Gasteiger charge is 2.10. The Bertz CT molecular complexity index is 509. The number of ether oxygens (including phenoxy) is 1. The van der Waals surface area contributed by atoms with Gasteiger partial charge in [0.2, 0.25) is 0 Å². The lowest BCUT2D eigenvalue weighted by Gasteiger charge is -2.07. The zero-order chi connectivity index (χ0) is 11.5. The van der Waals surface area contributed by atoms with Crippen molar-refractivity contribution in [3.63, 3.8) is 0 Å². The van der Waals surface area contributed by atoms with Crippen molar-refractivity contribution in [2.24, 2.45) is 0 Å². The summed E-state index contributed by atoms with van der Waals surface area (Å²) >= 11 is 0. The standard InChI is InChI=1S/C13H10F2O/c1-16-9-6-7-13(15)11(8-9)10-4-2-3-5-12(10)14/h2-8H,1H3. The summed E-state index contributed by atoms with van der Waals surface area (Å²) < 4.78 is 32.0. The third-order valence-corrected chi connectivity index (χ3v) is 2.34. The Kier molecular flexibility index (Phi) is 2.86. The van der Waals surface area contributed by atoms with Crippen LogP contribution in [0, 0.1) is 11.6 Å². The average Bonchev–Trinajstić information content (AvgIpc) is 2.31. The van der Waals surface area contributed by atoms with Gasteiger partial charge in [-0.1, -0.05) is 18.2 Å². The summed E-state index contributed by atoms with van der Waals surface area (Å²) in [6, 6.07) is 10.3. The normalized spacial score (nSPS) is 10.2. The molecule has 0 N–H and O–H groups in total. The van der Waals surface area contributed by atoms with E-state index in [0.29, 0.717) is 5.75 Å². The molecule has 0 spiro atoms. The van der Waals surface area contributed by atoms with E-state index < -0.39 is 11.6 Å².